The molecule has 0 radical (unpaired) electrons. The lowest BCUT2D eigenvalue weighted by Gasteiger charge is -2.36. The fraction of sp³-hybridized carbons (Fsp3) is 0.950. The summed E-state index contributed by atoms with van der Waals surface area (Å²) in [6, 6.07) is 1.50. The Kier molecular flexibility index (Phi) is 7.29. The molecule has 3 saturated carbocycles. The molecule has 25 heavy (non-hydrogen) atoms. The van der Waals surface area contributed by atoms with Crippen LogP contribution in [0.1, 0.15) is 64.2 Å². The molecule has 0 amide bonds. The quantitative estimate of drug-likeness (QED) is 0.362. The summed E-state index contributed by atoms with van der Waals surface area (Å²) in [5, 5.41) is 7.35. The van der Waals surface area contributed by atoms with Crippen LogP contribution < -0.4 is 10.6 Å². The van der Waals surface area contributed by atoms with Crippen molar-refractivity contribution < 1.29 is 0 Å². The van der Waals surface area contributed by atoms with E-state index in [4.69, 9.17) is 0 Å². The summed E-state index contributed by atoms with van der Waals surface area (Å²) in [5.74, 6) is 3.98. The minimum atomic E-state index is 0. The van der Waals surface area contributed by atoms with E-state index in [0.29, 0.717) is 6.04 Å². The molecular formula is C20H37IN4. The van der Waals surface area contributed by atoms with Crippen LogP contribution in [0.4, 0.5) is 0 Å². The van der Waals surface area contributed by atoms with Gasteiger partial charge in [-0.05, 0) is 69.1 Å². The van der Waals surface area contributed by atoms with Crippen LogP contribution in [0.5, 0.6) is 0 Å². The van der Waals surface area contributed by atoms with Crippen LogP contribution in [0, 0.1) is 17.8 Å². The van der Waals surface area contributed by atoms with Crippen molar-refractivity contribution in [1.82, 2.24) is 15.5 Å². The highest BCUT2D eigenvalue weighted by Crippen LogP contribution is 2.48. The molecule has 3 aliphatic carbocycles. The molecule has 0 bridgehead atoms. The standard InChI is InChI=1S/C20H36N4.HI/c1-21-20(22-14-19(15-6-7-15)16-8-9-16)23-17-10-12-24(13-11-17)18-4-2-3-5-18;/h15-19H,2-14H2,1H3,(H2,21,22,23);1H. The molecule has 5 heteroatoms. The monoisotopic (exact) mass is 460 g/mol. The zero-order valence-electron chi connectivity index (χ0n) is 15.9. The predicted octanol–water partition coefficient (Wildman–Crippen LogP) is 3.61. The largest absolute Gasteiger partial charge is 0.356 e. The summed E-state index contributed by atoms with van der Waals surface area (Å²) in [7, 11) is 1.92. The fourth-order valence-corrected chi connectivity index (χ4v) is 5.05. The number of likely N-dealkylation sites (tertiary alicyclic amines) is 1. The van der Waals surface area contributed by atoms with E-state index in [1.165, 1.54) is 77.3 Å². The van der Waals surface area contributed by atoms with Crippen molar-refractivity contribution in [2.45, 2.75) is 76.3 Å². The molecule has 4 rings (SSSR count). The Hall–Kier alpha value is -0.0400. The number of halogens is 1. The number of hydrogen-bond donors (Lipinski definition) is 2. The number of aliphatic imine (C=N–C) groups is 1. The Morgan fingerprint density at radius 3 is 2.08 bits per heavy atom. The van der Waals surface area contributed by atoms with E-state index in [1.807, 2.05) is 7.05 Å². The first kappa shape index (κ1) is 19.7. The van der Waals surface area contributed by atoms with Crippen molar-refractivity contribution in [3.8, 4) is 0 Å². The number of nitrogens with one attached hydrogen (secondary N) is 2. The van der Waals surface area contributed by atoms with Crippen LogP contribution in [0.25, 0.3) is 0 Å². The van der Waals surface area contributed by atoms with E-state index in [-0.39, 0.29) is 24.0 Å². The van der Waals surface area contributed by atoms with Crippen LogP contribution >= 0.6 is 24.0 Å². The van der Waals surface area contributed by atoms with Crippen molar-refractivity contribution in [1.29, 1.82) is 0 Å². The van der Waals surface area contributed by atoms with Gasteiger partial charge in [0.1, 0.15) is 0 Å². The molecule has 0 aromatic carbocycles. The molecular weight excluding hydrogens is 423 g/mol. The maximum atomic E-state index is 4.49. The molecule has 4 aliphatic rings. The van der Waals surface area contributed by atoms with Gasteiger partial charge in [-0.2, -0.15) is 0 Å². The van der Waals surface area contributed by atoms with Gasteiger partial charge in [-0.3, -0.25) is 4.99 Å². The molecule has 0 spiro atoms. The van der Waals surface area contributed by atoms with E-state index < -0.39 is 0 Å². The smallest absolute Gasteiger partial charge is 0.191 e. The number of guanidine groups is 1. The Bertz CT molecular complexity index is 421. The SMILES string of the molecule is CN=C(NCC(C1CC1)C1CC1)NC1CCN(C2CCCC2)CC1.I. The third kappa shape index (κ3) is 5.47. The van der Waals surface area contributed by atoms with E-state index in [2.05, 4.69) is 20.5 Å². The highest BCUT2D eigenvalue weighted by atomic mass is 127. The average Bonchev–Trinajstić information content (AvgIpc) is 3.55. The maximum Gasteiger partial charge on any atom is 0.191 e. The maximum absolute atomic E-state index is 4.49. The van der Waals surface area contributed by atoms with Gasteiger partial charge in [0.15, 0.2) is 5.96 Å². The zero-order chi connectivity index (χ0) is 16.4. The van der Waals surface area contributed by atoms with Gasteiger partial charge < -0.3 is 15.5 Å². The van der Waals surface area contributed by atoms with Gasteiger partial charge in [-0.25, -0.2) is 0 Å². The number of hydrogen-bond acceptors (Lipinski definition) is 2. The van der Waals surface area contributed by atoms with Crippen LogP contribution in [0.15, 0.2) is 4.99 Å². The molecule has 0 aromatic heterocycles. The van der Waals surface area contributed by atoms with Gasteiger partial charge in [-0.15, -0.1) is 24.0 Å². The first-order valence-electron chi connectivity index (χ1n) is 10.5. The second-order valence-electron chi connectivity index (χ2n) is 8.68. The van der Waals surface area contributed by atoms with Gasteiger partial charge in [0.05, 0.1) is 0 Å². The molecule has 0 aromatic rings. The Morgan fingerprint density at radius 1 is 0.960 bits per heavy atom. The topological polar surface area (TPSA) is 39.7 Å². The minimum absolute atomic E-state index is 0. The number of piperidine rings is 1. The Morgan fingerprint density at radius 2 is 1.56 bits per heavy atom. The highest BCUT2D eigenvalue weighted by molar-refractivity contribution is 14.0. The second-order valence-corrected chi connectivity index (χ2v) is 8.68. The van der Waals surface area contributed by atoms with Crippen molar-refractivity contribution >= 4 is 29.9 Å². The molecule has 2 N–H and O–H groups in total. The minimum Gasteiger partial charge on any atom is -0.356 e. The van der Waals surface area contributed by atoms with Gasteiger partial charge in [0.2, 0.25) is 0 Å². The van der Waals surface area contributed by atoms with E-state index in [9.17, 15) is 0 Å². The molecule has 4 fully saturated rings. The zero-order valence-corrected chi connectivity index (χ0v) is 18.2. The molecule has 1 heterocycles. The summed E-state index contributed by atoms with van der Waals surface area (Å²) in [4.78, 5) is 7.24. The van der Waals surface area contributed by atoms with Gasteiger partial charge >= 0.3 is 0 Å². The number of nitrogens with zero attached hydrogens (tertiary/aromatic N) is 2. The first-order valence-corrected chi connectivity index (χ1v) is 10.5. The third-order valence-corrected chi connectivity index (χ3v) is 6.90. The van der Waals surface area contributed by atoms with Gasteiger partial charge in [0.25, 0.3) is 0 Å². The fourth-order valence-electron chi connectivity index (χ4n) is 5.05. The van der Waals surface area contributed by atoms with E-state index in [1.54, 1.807) is 0 Å². The highest BCUT2D eigenvalue weighted by Gasteiger charge is 2.41. The van der Waals surface area contributed by atoms with Crippen LogP contribution in [-0.4, -0.2) is 49.6 Å². The summed E-state index contributed by atoms with van der Waals surface area (Å²) >= 11 is 0. The van der Waals surface area contributed by atoms with E-state index in [0.717, 1.165) is 36.3 Å². The van der Waals surface area contributed by atoms with Gasteiger partial charge in [0, 0.05) is 38.8 Å². The molecule has 4 nitrogen and oxygen atoms in total. The number of rotatable bonds is 6. The first-order chi connectivity index (χ1) is 11.8. The Labute approximate surface area is 171 Å². The summed E-state index contributed by atoms with van der Waals surface area (Å²) in [6.07, 6.45) is 14.2. The Balaban J connectivity index is 0.00000182. The molecule has 1 saturated heterocycles. The normalized spacial score (nSPS) is 26.7. The van der Waals surface area contributed by atoms with Crippen molar-refractivity contribution in [2.24, 2.45) is 22.7 Å². The summed E-state index contributed by atoms with van der Waals surface area (Å²) in [5.41, 5.74) is 0. The molecule has 0 unspecified atom stereocenters. The molecule has 1 aliphatic heterocycles. The van der Waals surface area contributed by atoms with Crippen LogP contribution in [0.3, 0.4) is 0 Å². The summed E-state index contributed by atoms with van der Waals surface area (Å²) < 4.78 is 0. The lowest BCUT2D eigenvalue weighted by molar-refractivity contribution is 0.150. The van der Waals surface area contributed by atoms with Crippen molar-refractivity contribution in [3.05, 3.63) is 0 Å². The van der Waals surface area contributed by atoms with Crippen LogP contribution in [0.2, 0.25) is 0 Å². The molecule has 0 atom stereocenters. The lowest BCUT2D eigenvalue weighted by atomic mass is 9.98. The third-order valence-electron chi connectivity index (χ3n) is 6.90. The molecule has 144 valence electrons. The second kappa shape index (κ2) is 9.25. The van der Waals surface area contributed by atoms with Gasteiger partial charge in [-0.1, -0.05) is 12.8 Å². The predicted molar refractivity (Wildman–Crippen MR) is 116 cm³/mol. The lowest BCUT2D eigenvalue weighted by Crippen LogP contribution is -2.51. The van der Waals surface area contributed by atoms with Crippen LogP contribution in [-0.2, 0) is 0 Å². The van der Waals surface area contributed by atoms with Crippen molar-refractivity contribution in [2.75, 3.05) is 26.7 Å². The van der Waals surface area contributed by atoms with E-state index >= 15 is 0 Å². The van der Waals surface area contributed by atoms with Crippen molar-refractivity contribution in [3.63, 3.8) is 0 Å². The average molecular weight is 460 g/mol. The summed E-state index contributed by atoms with van der Waals surface area (Å²) in [6.45, 7) is 3.67.